The van der Waals surface area contributed by atoms with E-state index in [1.165, 1.54) is 4.90 Å². The van der Waals surface area contributed by atoms with Crippen molar-refractivity contribution < 1.29 is 19.4 Å². The van der Waals surface area contributed by atoms with Crippen molar-refractivity contribution in [2.45, 2.75) is 37.6 Å². The summed E-state index contributed by atoms with van der Waals surface area (Å²) in [4.78, 5) is 27.8. The fourth-order valence-corrected chi connectivity index (χ4v) is 5.08. The molecule has 0 spiro atoms. The minimum atomic E-state index is -0.831. The summed E-state index contributed by atoms with van der Waals surface area (Å²) in [6.07, 6.45) is 0.328. The van der Waals surface area contributed by atoms with E-state index in [2.05, 4.69) is 5.32 Å². The Morgan fingerprint density at radius 1 is 1.00 bits per heavy atom. The topological polar surface area (TPSA) is 78.9 Å². The standard InChI is InChI=1S/C26H26N2O4/c1-32-22-12-5-4-11-19(22)24(29)21-14-13-20-23(27-21)26(31)28(25(20)30)15-17-9-6-8-16-7-2-3-10-18(16)17/h2-12,20-21,23-24,27,29H,13-15H2,1H3/t20-,21?,23+,24-/m1/s1. The number of carbonyl (C=O) groups is 2. The molecule has 2 amide bonds. The molecule has 3 aromatic carbocycles. The Kier molecular flexibility index (Phi) is 5.41. The first-order chi connectivity index (χ1) is 15.6. The van der Waals surface area contributed by atoms with Crippen LogP contribution in [0.1, 0.15) is 30.1 Å². The Bertz CT molecular complexity index is 1170. The van der Waals surface area contributed by atoms with Gasteiger partial charge in [-0.25, -0.2) is 0 Å². The summed E-state index contributed by atoms with van der Waals surface area (Å²) in [5.74, 6) is -0.135. The molecule has 3 aromatic rings. The molecular formula is C26H26N2O4. The molecular weight excluding hydrogens is 404 g/mol. The van der Waals surface area contributed by atoms with Crippen LogP contribution >= 0.6 is 0 Å². The molecule has 2 fully saturated rings. The maximum atomic E-state index is 13.3. The molecule has 2 N–H and O–H groups in total. The van der Waals surface area contributed by atoms with Crippen molar-refractivity contribution in [1.82, 2.24) is 10.2 Å². The van der Waals surface area contributed by atoms with Crippen LogP contribution in [-0.2, 0) is 16.1 Å². The molecule has 6 nitrogen and oxygen atoms in total. The van der Waals surface area contributed by atoms with E-state index in [1.54, 1.807) is 13.2 Å². The molecule has 32 heavy (non-hydrogen) atoms. The van der Waals surface area contributed by atoms with E-state index in [9.17, 15) is 14.7 Å². The zero-order valence-corrected chi connectivity index (χ0v) is 17.9. The van der Waals surface area contributed by atoms with E-state index in [-0.39, 0.29) is 24.4 Å². The minimum absolute atomic E-state index is 0.134. The number of nitrogens with one attached hydrogen (secondary N) is 1. The first-order valence-electron chi connectivity index (χ1n) is 11.0. The Hall–Kier alpha value is -3.22. The fourth-order valence-electron chi connectivity index (χ4n) is 5.08. The smallest absolute Gasteiger partial charge is 0.247 e. The van der Waals surface area contributed by atoms with Crippen LogP contribution in [0.4, 0.5) is 0 Å². The maximum absolute atomic E-state index is 13.3. The molecule has 5 rings (SSSR count). The van der Waals surface area contributed by atoms with E-state index in [0.29, 0.717) is 24.2 Å². The van der Waals surface area contributed by atoms with E-state index in [1.807, 2.05) is 60.7 Å². The molecule has 0 aliphatic carbocycles. The number of amides is 2. The number of rotatable bonds is 5. The number of likely N-dealkylation sites (tertiary alicyclic amines) is 1. The summed E-state index contributed by atoms with van der Waals surface area (Å²) in [5.41, 5.74) is 1.63. The molecule has 4 atom stereocenters. The van der Waals surface area contributed by atoms with Crippen LogP contribution in [0.25, 0.3) is 10.8 Å². The van der Waals surface area contributed by atoms with Gasteiger partial charge in [0.05, 0.1) is 31.7 Å². The highest BCUT2D eigenvalue weighted by molar-refractivity contribution is 6.07. The van der Waals surface area contributed by atoms with Gasteiger partial charge in [-0.3, -0.25) is 19.8 Å². The Morgan fingerprint density at radius 3 is 2.59 bits per heavy atom. The number of fused-ring (bicyclic) bond motifs is 2. The van der Waals surface area contributed by atoms with Crippen LogP contribution in [0.5, 0.6) is 5.75 Å². The van der Waals surface area contributed by atoms with Gasteiger partial charge in [0, 0.05) is 11.6 Å². The molecule has 0 aromatic heterocycles. The number of piperidine rings is 1. The van der Waals surface area contributed by atoms with E-state index >= 15 is 0 Å². The number of aliphatic hydroxyl groups excluding tert-OH is 1. The van der Waals surface area contributed by atoms with Crippen molar-refractivity contribution >= 4 is 22.6 Å². The van der Waals surface area contributed by atoms with E-state index in [0.717, 1.165) is 16.3 Å². The number of hydrogen-bond acceptors (Lipinski definition) is 5. The third-order valence-corrected chi connectivity index (χ3v) is 6.75. The first-order valence-corrected chi connectivity index (χ1v) is 11.0. The second-order valence-corrected chi connectivity index (χ2v) is 8.52. The lowest BCUT2D eigenvalue weighted by Gasteiger charge is -2.34. The van der Waals surface area contributed by atoms with Gasteiger partial charge < -0.3 is 9.84 Å². The molecule has 1 unspecified atom stereocenters. The first kappa shape index (κ1) is 20.7. The van der Waals surface area contributed by atoms with E-state index in [4.69, 9.17) is 4.74 Å². The highest BCUT2D eigenvalue weighted by Gasteiger charge is 2.51. The number of benzene rings is 3. The molecule has 6 heteroatoms. The van der Waals surface area contributed by atoms with Crippen LogP contribution in [-0.4, -0.2) is 41.0 Å². The van der Waals surface area contributed by atoms with Crippen LogP contribution in [0.3, 0.4) is 0 Å². The van der Waals surface area contributed by atoms with Crippen LogP contribution in [0.2, 0.25) is 0 Å². The number of ether oxygens (including phenoxy) is 1. The molecule has 0 saturated carbocycles. The van der Waals surface area contributed by atoms with Crippen molar-refractivity contribution in [2.24, 2.45) is 5.92 Å². The average Bonchev–Trinajstić information content (AvgIpc) is 3.08. The quantitative estimate of drug-likeness (QED) is 0.608. The van der Waals surface area contributed by atoms with Gasteiger partial charge in [-0.1, -0.05) is 60.7 Å². The zero-order valence-electron chi connectivity index (χ0n) is 17.9. The summed E-state index contributed by atoms with van der Waals surface area (Å²) in [5, 5.41) is 16.4. The van der Waals surface area contributed by atoms with Gasteiger partial charge in [0.1, 0.15) is 5.75 Å². The van der Waals surface area contributed by atoms with Crippen molar-refractivity contribution in [3.05, 3.63) is 77.9 Å². The van der Waals surface area contributed by atoms with Crippen molar-refractivity contribution in [1.29, 1.82) is 0 Å². The molecule has 0 bridgehead atoms. The number of hydrogen-bond donors (Lipinski definition) is 2. The summed E-state index contributed by atoms with van der Waals surface area (Å²) in [7, 11) is 1.57. The second-order valence-electron chi connectivity index (χ2n) is 8.52. The summed E-state index contributed by atoms with van der Waals surface area (Å²) < 4.78 is 5.38. The van der Waals surface area contributed by atoms with Gasteiger partial charge in [0.15, 0.2) is 0 Å². The molecule has 164 valence electrons. The average molecular weight is 431 g/mol. The monoisotopic (exact) mass is 430 g/mol. The number of nitrogens with zero attached hydrogens (tertiary/aromatic N) is 1. The second kappa shape index (κ2) is 8.37. The van der Waals surface area contributed by atoms with Crippen molar-refractivity contribution in [3.8, 4) is 5.75 Å². The minimum Gasteiger partial charge on any atom is -0.496 e. The molecule has 2 aliphatic heterocycles. The lowest BCUT2D eigenvalue weighted by molar-refractivity contribution is -0.140. The largest absolute Gasteiger partial charge is 0.496 e. The lowest BCUT2D eigenvalue weighted by Crippen LogP contribution is -2.52. The molecule has 2 aliphatic rings. The van der Waals surface area contributed by atoms with Crippen LogP contribution in [0.15, 0.2) is 66.7 Å². The van der Waals surface area contributed by atoms with Gasteiger partial charge in [-0.2, -0.15) is 0 Å². The summed E-state index contributed by atoms with van der Waals surface area (Å²) in [6, 6.07) is 20.3. The Labute approximate surface area is 186 Å². The highest BCUT2D eigenvalue weighted by Crippen LogP contribution is 2.36. The fraction of sp³-hybridized carbons (Fsp3) is 0.308. The number of aliphatic hydroxyl groups is 1. The normalized spacial score (nSPS) is 23.9. The third kappa shape index (κ3) is 3.45. The Morgan fingerprint density at radius 2 is 1.75 bits per heavy atom. The number of methoxy groups -OCH3 is 1. The maximum Gasteiger partial charge on any atom is 0.247 e. The predicted octanol–water partition coefficient (Wildman–Crippen LogP) is 3.19. The van der Waals surface area contributed by atoms with Gasteiger partial charge >= 0.3 is 0 Å². The van der Waals surface area contributed by atoms with Gasteiger partial charge in [-0.05, 0) is 35.2 Å². The zero-order chi connectivity index (χ0) is 22.2. The SMILES string of the molecule is COc1ccccc1[C@@H](O)C1CC[C@H]2C(=O)N(Cc3cccc4ccccc34)C(=O)[C@H]2N1. The predicted molar refractivity (Wildman–Crippen MR) is 121 cm³/mol. The van der Waals surface area contributed by atoms with Crippen molar-refractivity contribution in [2.75, 3.05) is 7.11 Å². The summed E-state index contributed by atoms with van der Waals surface area (Å²) in [6.45, 7) is 0.257. The number of para-hydroxylation sites is 1. The Balaban J connectivity index is 1.36. The van der Waals surface area contributed by atoms with Gasteiger partial charge in [0.2, 0.25) is 11.8 Å². The van der Waals surface area contributed by atoms with E-state index < -0.39 is 18.1 Å². The number of carbonyl (C=O) groups excluding carboxylic acids is 2. The molecule has 2 heterocycles. The molecule has 0 radical (unpaired) electrons. The van der Waals surface area contributed by atoms with Crippen LogP contribution in [0, 0.1) is 5.92 Å². The number of imide groups is 1. The summed E-state index contributed by atoms with van der Waals surface area (Å²) >= 11 is 0. The van der Waals surface area contributed by atoms with Gasteiger partial charge in [-0.15, -0.1) is 0 Å². The molecule has 2 saturated heterocycles. The van der Waals surface area contributed by atoms with Crippen molar-refractivity contribution in [3.63, 3.8) is 0 Å². The van der Waals surface area contributed by atoms with Gasteiger partial charge in [0.25, 0.3) is 0 Å². The highest BCUT2D eigenvalue weighted by atomic mass is 16.5. The third-order valence-electron chi connectivity index (χ3n) is 6.75. The van der Waals surface area contributed by atoms with Crippen LogP contribution < -0.4 is 10.1 Å². The lowest BCUT2D eigenvalue weighted by atomic mass is 9.85.